The Balaban J connectivity index is 3.20. The molecule has 0 aliphatic carbocycles. The SMILES string of the molecule is CCOc1c(Cl)cc(Cl)cc1C(N)CN. The van der Waals surface area contributed by atoms with Crippen LogP contribution in [0.5, 0.6) is 5.75 Å². The molecule has 15 heavy (non-hydrogen) atoms. The van der Waals surface area contributed by atoms with Gasteiger partial charge in [-0.2, -0.15) is 0 Å². The quantitative estimate of drug-likeness (QED) is 0.860. The van der Waals surface area contributed by atoms with Crippen molar-refractivity contribution < 1.29 is 4.74 Å². The van der Waals surface area contributed by atoms with Crippen molar-refractivity contribution in [3.63, 3.8) is 0 Å². The van der Waals surface area contributed by atoms with Gasteiger partial charge in [0.1, 0.15) is 5.75 Å². The Hall–Kier alpha value is -0.480. The minimum atomic E-state index is -0.317. The molecule has 0 aliphatic heterocycles. The van der Waals surface area contributed by atoms with Gasteiger partial charge in [0.25, 0.3) is 0 Å². The molecule has 1 aromatic rings. The van der Waals surface area contributed by atoms with E-state index in [2.05, 4.69) is 0 Å². The molecule has 5 heteroatoms. The van der Waals surface area contributed by atoms with Crippen LogP contribution in [0.1, 0.15) is 18.5 Å². The molecule has 0 aliphatic rings. The van der Waals surface area contributed by atoms with Crippen molar-refractivity contribution in [2.45, 2.75) is 13.0 Å². The second kappa shape index (κ2) is 5.56. The lowest BCUT2D eigenvalue weighted by Gasteiger charge is -2.16. The van der Waals surface area contributed by atoms with Crippen molar-refractivity contribution in [1.82, 2.24) is 0 Å². The van der Waals surface area contributed by atoms with E-state index in [-0.39, 0.29) is 6.04 Å². The minimum absolute atomic E-state index is 0.316. The summed E-state index contributed by atoms with van der Waals surface area (Å²) in [7, 11) is 0. The summed E-state index contributed by atoms with van der Waals surface area (Å²) in [6.45, 7) is 2.71. The minimum Gasteiger partial charge on any atom is -0.492 e. The second-order valence-electron chi connectivity index (χ2n) is 3.08. The highest BCUT2D eigenvalue weighted by Gasteiger charge is 2.15. The van der Waals surface area contributed by atoms with Crippen molar-refractivity contribution >= 4 is 23.2 Å². The van der Waals surface area contributed by atoms with Gasteiger partial charge in [0, 0.05) is 23.2 Å². The van der Waals surface area contributed by atoms with Crippen molar-refractivity contribution in [2.75, 3.05) is 13.2 Å². The van der Waals surface area contributed by atoms with Crippen LogP contribution in [-0.4, -0.2) is 13.2 Å². The van der Waals surface area contributed by atoms with Crippen molar-refractivity contribution in [3.8, 4) is 5.75 Å². The lowest BCUT2D eigenvalue weighted by molar-refractivity contribution is 0.334. The summed E-state index contributed by atoms with van der Waals surface area (Å²) in [5.74, 6) is 0.571. The van der Waals surface area contributed by atoms with Gasteiger partial charge in [-0.1, -0.05) is 23.2 Å². The Labute approximate surface area is 99.3 Å². The van der Waals surface area contributed by atoms with Gasteiger partial charge >= 0.3 is 0 Å². The Morgan fingerprint density at radius 2 is 2.07 bits per heavy atom. The Morgan fingerprint density at radius 3 is 2.60 bits per heavy atom. The summed E-state index contributed by atoms with van der Waals surface area (Å²) in [6, 6.07) is 3.04. The van der Waals surface area contributed by atoms with Crippen LogP contribution in [0.25, 0.3) is 0 Å². The molecule has 0 spiro atoms. The zero-order valence-corrected chi connectivity index (χ0v) is 9.98. The molecule has 84 valence electrons. The topological polar surface area (TPSA) is 61.3 Å². The van der Waals surface area contributed by atoms with Crippen LogP contribution in [0.4, 0.5) is 0 Å². The highest BCUT2D eigenvalue weighted by Crippen LogP contribution is 2.35. The number of hydrogen-bond acceptors (Lipinski definition) is 3. The van der Waals surface area contributed by atoms with E-state index in [0.717, 1.165) is 5.56 Å². The summed E-state index contributed by atoms with van der Waals surface area (Å²) >= 11 is 11.9. The highest BCUT2D eigenvalue weighted by molar-refractivity contribution is 6.35. The summed E-state index contributed by atoms with van der Waals surface area (Å²) in [5.41, 5.74) is 12.1. The van der Waals surface area contributed by atoms with Gasteiger partial charge in [-0.25, -0.2) is 0 Å². The predicted octanol–water partition coefficient (Wildman–Crippen LogP) is 2.35. The zero-order chi connectivity index (χ0) is 11.4. The molecule has 0 heterocycles. The van der Waals surface area contributed by atoms with Crippen LogP contribution in [0.3, 0.4) is 0 Å². The van der Waals surface area contributed by atoms with Gasteiger partial charge in [-0.05, 0) is 19.1 Å². The molecule has 1 unspecified atom stereocenters. The van der Waals surface area contributed by atoms with E-state index in [4.69, 9.17) is 39.4 Å². The standard InChI is InChI=1S/C10H14Cl2N2O/c1-2-15-10-7(9(14)5-13)3-6(11)4-8(10)12/h3-4,9H,2,5,13-14H2,1H3. The average Bonchev–Trinajstić information content (AvgIpc) is 2.20. The van der Waals surface area contributed by atoms with E-state index in [0.29, 0.717) is 28.9 Å². The lowest BCUT2D eigenvalue weighted by Crippen LogP contribution is -2.21. The largest absolute Gasteiger partial charge is 0.492 e. The summed E-state index contributed by atoms with van der Waals surface area (Å²) < 4.78 is 5.42. The monoisotopic (exact) mass is 248 g/mol. The molecule has 4 N–H and O–H groups in total. The van der Waals surface area contributed by atoms with Crippen LogP contribution in [-0.2, 0) is 0 Å². The fourth-order valence-corrected chi connectivity index (χ4v) is 1.84. The molecule has 0 amide bonds. The Morgan fingerprint density at radius 1 is 1.40 bits per heavy atom. The van der Waals surface area contributed by atoms with E-state index in [9.17, 15) is 0 Å². The maximum absolute atomic E-state index is 6.01. The van der Waals surface area contributed by atoms with Crippen LogP contribution in [0, 0.1) is 0 Å². The maximum atomic E-state index is 6.01. The first kappa shape index (κ1) is 12.6. The smallest absolute Gasteiger partial charge is 0.142 e. The predicted molar refractivity (Wildman–Crippen MR) is 63.6 cm³/mol. The van der Waals surface area contributed by atoms with E-state index >= 15 is 0 Å². The molecule has 0 fully saturated rings. The van der Waals surface area contributed by atoms with Crippen molar-refractivity contribution in [3.05, 3.63) is 27.7 Å². The zero-order valence-electron chi connectivity index (χ0n) is 8.47. The normalized spacial score (nSPS) is 12.6. The van der Waals surface area contributed by atoms with Crippen LogP contribution in [0.2, 0.25) is 10.0 Å². The maximum Gasteiger partial charge on any atom is 0.142 e. The van der Waals surface area contributed by atoms with Crippen molar-refractivity contribution in [2.24, 2.45) is 11.5 Å². The Bertz CT molecular complexity index is 344. The molecule has 1 aromatic carbocycles. The first-order chi connectivity index (χ1) is 7.10. The summed E-state index contributed by atoms with van der Waals surface area (Å²) in [4.78, 5) is 0. The Kier molecular flexibility index (Phi) is 4.67. The van der Waals surface area contributed by atoms with Gasteiger partial charge < -0.3 is 16.2 Å². The van der Waals surface area contributed by atoms with Crippen LogP contribution < -0.4 is 16.2 Å². The molecule has 0 bridgehead atoms. The molecular formula is C10H14Cl2N2O. The number of halogens is 2. The van der Waals surface area contributed by atoms with E-state index in [1.165, 1.54) is 0 Å². The third-order valence-corrected chi connectivity index (χ3v) is 2.48. The summed E-state index contributed by atoms with van der Waals surface area (Å²) in [6.07, 6.45) is 0. The molecule has 1 atom stereocenters. The first-order valence-corrected chi connectivity index (χ1v) is 5.43. The number of hydrogen-bond donors (Lipinski definition) is 2. The molecule has 0 saturated carbocycles. The second-order valence-corrected chi connectivity index (χ2v) is 3.92. The molecule has 3 nitrogen and oxygen atoms in total. The van der Waals surface area contributed by atoms with Gasteiger partial charge in [-0.15, -0.1) is 0 Å². The lowest BCUT2D eigenvalue weighted by atomic mass is 10.1. The van der Waals surface area contributed by atoms with Gasteiger partial charge in [0.05, 0.1) is 11.6 Å². The molecule has 0 saturated heterocycles. The number of nitrogens with two attached hydrogens (primary N) is 2. The third-order valence-electron chi connectivity index (χ3n) is 1.98. The van der Waals surface area contributed by atoms with Gasteiger partial charge in [-0.3, -0.25) is 0 Å². The van der Waals surface area contributed by atoms with Crippen LogP contribution in [0.15, 0.2) is 12.1 Å². The molecule has 1 rings (SSSR count). The van der Waals surface area contributed by atoms with Gasteiger partial charge in [0.2, 0.25) is 0 Å². The fraction of sp³-hybridized carbons (Fsp3) is 0.400. The number of ether oxygens (including phenoxy) is 1. The third kappa shape index (κ3) is 2.98. The number of benzene rings is 1. The fourth-order valence-electron chi connectivity index (χ4n) is 1.28. The van der Waals surface area contributed by atoms with E-state index in [1.54, 1.807) is 12.1 Å². The summed E-state index contributed by atoms with van der Waals surface area (Å²) in [5, 5.41) is 0.991. The van der Waals surface area contributed by atoms with Crippen molar-refractivity contribution in [1.29, 1.82) is 0 Å². The molecular weight excluding hydrogens is 235 g/mol. The van der Waals surface area contributed by atoms with Crippen LogP contribution >= 0.6 is 23.2 Å². The first-order valence-electron chi connectivity index (χ1n) is 4.67. The molecule has 0 aromatic heterocycles. The average molecular weight is 249 g/mol. The highest BCUT2D eigenvalue weighted by atomic mass is 35.5. The van der Waals surface area contributed by atoms with Gasteiger partial charge in [0.15, 0.2) is 0 Å². The van der Waals surface area contributed by atoms with E-state index < -0.39 is 0 Å². The van der Waals surface area contributed by atoms with E-state index in [1.807, 2.05) is 6.92 Å². The number of rotatable bonds is 4. The molecule has 0 radical (unpaired) electrons.